The van der Waals surface area contributed by atoms with Crippen molar-refractivity contribution in [2.45, 2.75) is 31.5 Å². The van der Waals surface area contributed by atoms with Crippen LogP contribution in [0.3, 0.4) is 0 Å². The van der Waals surface area contributed by atoms with Gasteiger partial charge in [0.1, 0.15) is 11.9 Å². The second-order valence-corrected chi connectivity index (χ2v) is 4.95. The minimum atomic E-state index is -0.334. The Morgan fingerprint density at radius 1 is 1.38 bits per heavy atom. The van der Waals surface area contributed by atoms with E-state index >= 15 is 0 Å². The number of carbonyl (C=O) groups excluding carboxylic acids is 1. The first-order valence-corrected chi connectivity index (χ1v) is 6.99. The number of hydrogen-bond acceptors (Lipinski definition) is 4. The molecule has 1 amide bonds. The summed E-state index contributed by atoms with van der Waals surface area (Å²) in [5.74, 6) is 0.805. The normalized spacial score (nSPS) is 20.7. The molecule has 1 aromatic rings. The topological polar surface area (TPSA) is 73.6 Å². The fraction of sp³-hybridized carbons (Fsp3) is 0.533. The fourth-order valence-corrected chi connectivity index (χ4v) is 2.31. The van der Waals surface area contributed by atoms with Crippen LogP contribution in [0.5, 0.6) is 5.75 Å². The van der Waals surface area contributed by atoms with Crippen LogP contribution in [0.2, 0.25) is 0 Å². The number of amides is 1. The van der Waals surface area contributed by atoms with E-state index in [1.807, 2.05) is 24.3 Å². The van der Waals surface area contributed by atoms with Crippen LogP contribution in [0.15, 0.2) is 24.3 Å². The molecule has 1 saturated heterocycles. The number of carbonyl (C=O) groups is 1. The Kier molecular flexibility index (Phi) is 7.50. The van der Waals surface area contributed by atoms with Crippen LogP contribution < -0.4 is 15.8 Å². The third-order valence-electron chi connectivity index (χ3n) is 3.53. The van der Waals surface area contributed by atoms with E-state index in [1.54, 1.807) is 7.11 Å². The minimum absolute atomic E-state index is 0. The van der Waals surface area contributed by atoms with E-state index in [0.29, 0.717) is 13.1 Å². The SMILES string of the molecule is COc1ccc(CCNC(=O)[C@@H]2CC[C@H](CN)O2)cc1.Cl. The zero-order valence-corrected chi connectivity index (χ0v) is 13.0. The van der Waals surface area contributed by atoms with Crippen molar-refractivity contribution in [2.24, 2.45) is 5.73 Å². The fourth-order valence-electron chi connectivity index (χ4n) is 2.31. The lowest BCUT2D eigenvalue weighted by atomic mass is 10.1. The van der Waals surface area contributed by atoms with Gasteiger partial charge in [-0.1, -0.05) is 12.1 Å². The van der Waals surface area contributed by atoms with Crippen molar-refractivity contribution in [3.05, 3.63) is 29.8 Å². The maximum Gasteiger partial charge on any atom is 0.249 e. The Balaban J connectivity index is 0.00000220. The van der Waals surface area contributed by atoms with Crippen molar-refractivity contribution in [1.29, 1.82) is 0 Å². The lowest BCUT2D eigenvalue weighted by molar-refractivity contribution is -0.131. The smallest absolute Gasteiger partial charge is 0.249 e. The van der Waals surface area contributed by atoms with Gasteiger partial charge in [0.25, 0.3) is 0 Å². The quantitative estimate of drug-likeness (QED) is 0.829. The van der Waals surface area contributed by atoms with Crippen molar-refractivity contribution < 1.29 is 14.3 Å². The van der Waals surface area contributed by atoms with E-state index in [9.17, 15) is 4.79 Å². The highest BCUT2D eigenvalue weighted by molar-refractivity contribution is 5.85. The van der Waals surface area contributed by atoms with E-state index in [1.165, 1.54) is 5.56 Å². The highest BCUT2D eigenvalue weighted by atomic mass is 35.5. The summed E-state index contributed by atoms with van der Waals surface area (Å²) in [6.45, 7) is 1.09. The van der Waals surface area contributed by atoms with Gasteiger partial charge in [0.05, 0.1) is 13.2 Å². The number of methoxy groups -OCH3 is 1. The maximum atomic E-state index is 11.9. The molecule has 1 fully saturated rings. The lowest BCUT2D eigenvalue weighted by Crippen LogP contribution is -2.36. The molecule has 1 aromatic carbocycles. The average Bonchev–Trinajstić information content (AvgIpc) is 2.97. The Bertz CT molecular complexity index is 439. The summed E-state index contributed by atoms with van der Waals surface area (Å²) in [7, 11) is 1.64. The molecule has 0 saturated carbocycles. The Morgan fingerprint density at radius 2 is 2.10 bits per heavy atom. The number of nitrogens with two attached hydrogens (primary N) is 1. The Labute approximate surface area is 131 Å². The molecule has 0 spiro atoms. The number of rotatable bonds is 6. The molecule has 0 aromatic heterocycles. The monoisotopic (exact) mass is 314 g/mol. The van der Waals surface area contributed by atoms with Crippen LogP contribution in [-0.4, -0.2) is 38.3 Å². The summed E-state index contributed by atoms with van der Waals surface area (Å²) in [6.07, 6.45) is 2.12. The molecule has 1 aliphatic heterocycles. The van der Waals surface area contributed by atoms with E-state index in [4.69, 9.17) is 15.2 Å². The summed E-state index contributed by atoms with van der Waals surface area (Å²) in [5.41, 5.74) is 6.69. The molecule has 6 heteroatoms. The Morgan fingerprint density at radius 3 is 2.67 bits per heavy atom. The molecule has 0 unspecified atom stereocenters. The molecule has 2 rings (SSSR count). The van der Waals surface area contributed by atoms with Crippen LogP contribution in [0.1, 0.15) is 18.4 Å². The molecule has 5 nitrogen and oxygen atoms in total. The van der Waals surface area contributed by atoms with Crippen LogP contribution in [0, 0.1) is 0 Å². The third-order valence-corrected chi connectivity index (χ3v) is 3.53. The molecular formula is C15H23ClN2O3. The molecule has 118 valence electrons. The van der Waals surface area contributed by atoms with Gasteiger partial charge in [-0.05, 0) is 37.0 Å². The van der Waals surface area contributed by atoms with Crippen molar-refractivity contribution in [3.63, 3.8) is 0 Å². The predicted molar refractivity (Wildman–Crippen MR) is 83.9 cm³/mol. The van der Waals surface area contributed by atoms with Gasteiger partial charge < -0.3 is 20.5 Å². The Hall–Kier alpha value is -1.30. The molecule has 0 aliphatic carbocycles. The van der Waals surface area contributed by atoms with Gasteiger partial charge in [0.15, 0.2) is 0 Å². The first kappa shape index (κ1) is 17.8. The number of ether oxygens (including phenoxy) is 2. The van der Waals surface area contributed by atoms with Gasteiger partial charge in [-0.25, -0.2) is 0 Å². The van der Waals surface area contributed by atoms with E-state index in [2.05, 4.69) is 5.32 Å². The molecule has 1 aliphatic rings. The van der Waals surface area contributed by atoms with Gasteiger partial charge >= 0.3 is 0 Å². The van der Waals surface area contributed by atoms with Gasteiger partial charge in [0.2, 0.25) is 5.91 Å². The molecule has 2 atom stereocenters. The van der Waals surface area contributed by atoms with E-state index in [-0.39, 0.29) is 30.5 Å². The van der Waals surface area contributed by atoms with E-state index in [0.717, 1.165) is 25.0 Å². The van der Waals surface area contributed by atoms with Crippen molar-refractivity contribution >= 4 is 18.3 Å². The van der Waals surface area contributed by atoms with Crippen LogP contribution in [0.25, 0.3) is 0 Å². The summed E-state index contributed by atoms with van der Waals surface area (Å²) in [5, 5.41) is 2.91. The second kappa shape index (κ2) is 8.87. The van der Waals surface area contributed by atoms with E-state index < -0.39 is 0 Å². The number of nitrogens with one attached hydrogen (secondary N) is 1. The molecule has 3 N–H and O–H groups in total. The van der Waals surface area contributed by atoms with Gasteiger partial charge in [0, 0.05) is 13.1 Å². The van der Waals surface area contributed by atoms with Crippen molar-refractivity contribution in [3.8, 4) is 5.75 Å². The average molecular weight is 315 g/mol. The van der Waals surface area contributed by atoms with Crippen LogP contribution in [0.4, 0.5) is 0 Å². The van der Waals surface area contributed by atoms with Crippen molar-refractivity contribution in [1.82, 2.24) is 5.32 Å². The molecule has 0 radical (unpaired) electrons. The second-order valence-electron chi connectivity index (χ2n) is 4.95. The molecular weight excluding hydrogens is 292 g/mol. The third kappa shape index (κ3) is 5.19. The minimum Gasteiger partial charge on any atom is -0.497 e. The van der Waals surface area contributed by atoms with Crippen LogP contribution >= 0.6 is 12.4 Å². The largest absolute Gasteiger partial charge is 0.497 e. The first-order valence-electron chi connectivity index (χ1n) is 6.99. The summed E-state index contributed by atoms with van der Waals surface area (Å²) in [6, 6.07) is 7.84. The maximum absolute atomic E-state index is 11.9. The molecule has 0 bridgehead atoms. The number of hydrogen-bond donors (Lipinski definition) is 2. The predicted octanol–water partition coefficient (Wildman–Crippen LogP) is 1.28. The number of benzene rings is 1. The van der Waals surface area contributed by atoms with Gasteiger partial charge in [-0.15, -0.1) is 12.4 Å². The van der Waals surface area contributed by atoms with Gasteiger partial charge in [-0.3, -0.25) is 4.79 Å². The summed E-state index contributed by atoms with van der Waals surface area (Å²) >= 11 is 0. The van der Waals surface area contributed by atoms with Crippen molar-refractivity contribution in [2.75, 3.05) is 20.2 Å². The number of halogens is 1. The zero-order chi connectivity index (χ0) is 14.4. The molecule has 21 heavy (non-hydrogen) atoms. The summed E-state index contributed by atoms with van der Waals surface area (Å²) < 4.78 is 10.7. The zero-order valence-electron chi connectivity index (χ0n) is 12.2. The lowest BCUT2D eigenvalue weighted by Gasteiger charge is -2.12. The molecule has 1 heterocycles. The van der Waals surface area contributed by atoms with Crippen LogP contribution in [-0.2, 0) is 16.0 Å². The summed E-state index contributed by atoms with van der Waals surface area (Å²) in [4.78, 5) is 11.9. The highest BCUT2D eigenvalue weighted by Crippen LogP contribution is 2.18. The van der Waals surface area contributed by atoms with Gasteiger partial charge in [-0.2, -0.15) is 0 Å². The standard InChI is InChI=1S/C15H22N2O3.ClH/c1-19-12-4-2-11(3-5-12)8-9-17-15(18)14-7-6-13(10-16)20-14;/h2-5,13-14H,6-10,16H2,1H3,(H,17,18);1H/t13-,14+;/m1./s1. The highest BCUT2D eigenvalue weighted by Gasteiger charge is 2.29. The first-order chi connectivity index (χ1) is 9.72.